The SMILES string of the molecule is C[C@H](Oc1cccc([N+](=O)[O-])c1)C(=O)NN=C1c2ccccc2-c2ccccc21. The van der Waals surface area contributed by atoms with Gasteiger partial charge in [0.2, 0.25) is 0 Å². The van der Waals surface area contributed by atoms with Crippen molar-refractivity contribution in [3.63, 3.8) is 0 Å². The van der Waals surface area contributed by atoms with E-state index in [0.29, 0.717) is 5.71 Å². The van der Waals surface area contributed by atoms with Gasteiger partial charge in [0.25, 0.3) is 11.6 Å². The molecule has 0 fully saturated rings. The highest BCUT2D eigenvalue weighted by atomic mass is 16.6. The maximum Gasteiger partial charge on any atom is 0.280 e. The standard InChI is InChI=1S/C22H17N3O4/c1-14(29-16-8-6-7-15(13-16)25(27)28)22(26)24-23-21-19-11-4-2-9-17(19)18-10-3-5-12-20(18)21/h2-14H,1H3,(H,24,26)/t14-/m0/s1. The highest BCUT2D eigenvalue weighted by Crippen LogP contribution is 2.36. The minimum atomic E-state index is -0.881. The van der Waals surface area contributed by atoms with Gasteiger partial charge in [0.05, 0.1) is 16.7 Å². The maximum absolute atomic E-state index is 12.5. The molecule has 29 heavy (non-hydrogen) atoms. The van der Waals surface area contributed by atoms with Crippen molar-refractivity contribution in [2.75, 3.05) is 0 Å². The lowest BCUT2D eigenvalue weighted by atomic mass is 10.1. The highest BCUT2D eigenvalue weighted by Gasteiger charge is 2.25. The molecule has 3 aromatic carbocycles. The van der Waals surface area contributed by atoms with E-state index < -0.39 is 16.9 Å². The van der Waals surface area contributed by atoms with E-state index in [4.69, 9.17) is 4.74 Å². The molecule has 1 amide bonds. The fourth-order valence-corrected chi connectivity index (χ4v) is 3.24. The van der Waals surface area contributed by atoms with Crippen LogP contribution in [-0.4, -0.2) is 22.6 Å². The lowest BCUT2D eigenvalue weighted by molar-refractivity contribution is -0.384. The van der Waals surface area contributed by atoms with Crippen LogP contribution in [0.15, 0.2) is 77.9 Å². The number of rotatable bonds is 5. The van der Waals surface area contributed by atoms with E-state index in [2.05, 4.69) is 10.5 Å². The minimum Gasteiger partial charge on any atom is -0.481 e. The second kappa shape index (κ2) is 7.55. The molecule has 3 aromatic rings. The summed E-state index contributed by atoms with van der Waals surface area (Å²) in [5, 5.41) is 15.2. The van der Waals surface area contributed by atoms with Gasteiger partial charge in [0.15, 0.2) is 6.10 Å². The summed E-state index contributed by atoms with van der Waals surface area (Å²) >= 11 is 0. The number of fused-ring (bicyclic) bond motifs is 3. The van der Waals surface area contributed by atoms with Crippen molar-refractivity contribution in [3.05, 3.63) is 94.0 Å². The number of benzene rings is 3. The van der Waals surface area contributed by atoms with Gasteiger partial charge in [-0.15, -0.1) is 0 Å². The number of nitrogens with one attached hydrogen (secondary N) is 1. The zero-order valence-corrected chi connectivity index (χ0v) is 15.5. The van der Waals surface area contributed by atoms with Crippen LogP contribution in [0.2, 0.25) is 0 Å². The minimum absolute atomic E-state index is 0.102. The van der Waals surface area contributed by atoms with Gasteiger partial charge in [-0.2, -0.15) is 5.10 Å². The molecule has 1 aliphatic rings. The number of ether oxygens (including phenoxy) is 1. The fourth-order valence-electron chi connectivity index (χ4n) is 3.24. The predicted molar refractivity (Wildman–Crippen MR) is 109 cm³/mol. The molecule has 0 heterocycles. The van der Waals surface area contributed by atoms with Gasteiger partial charge < -0.3 is 4.74 Å². The van der Waals surface area contributed by atoms with Crippen molar-refractivity contribution in [1.82, 2.24) is 5.43 Å². The van der Waals surface area contributed by atoms with Crippen LogP contribution in [0.1, 0.15) is 18.1 Å². The van der Waals surface area contributed by atoms with Gasteiger partial charge in [0.1, 0.15) is 5.75 Å². The molecule has 7 heteroatoms. The van der Waals surface area contributed by atoms with E-state index in [-0.39, 0.29) is 11.4 Å². The van der Waals surface area contributed by atoms with E-state index in [1.54, 1.807) is 13.0 Å². The molecule has 0 aliphatic heterocycles. The summed E-state index contributed by atoms with van der Waals surface area (Å²) in [4.78, 5) is 22.8. The van der Waals surface area contributed by atoms with Gasteiger partial charge >= 0.3 is 0 Å². The van der Waals surface area contributed by atoms with Crippen molar-refractivity contribution in [1.29, 1.82) is 0 Å². The Hall–Kier alpha value is -4.00. The Morgan fingerprint density at radius 1 is 0.966 bits per heavy atom. The summed E-state index contributed by atoms with van der Waals surface area (Å²) < 4.78 is 5.54. The largest absolute Gasteiger partial charge is 0.481 e. The number of nitro groups is 1. The van der Waals surface area contributed by atoms with Crippen LogP contribution in [0.4, 0.5) is 5.69 Å². The number of carbonyl (C=O) groups is 1. The summed E-state index contributed by atoms with van der Waals surface area (Å²) in [7, 11) is 0. The van der Waals surface area contributed by atoms with Crippen LogP contribution in [0.5, 0.6) is 5.75 Å². The van der Waals surface area contributed by atoms with Gasteiger partial charge in [0, 0.05) is 17.2 Å². The maximum atomic E-state index is 12.5. The average Bonchev–Trinajstić information content (AvgIpc) is 3.06. The first-order valence-electron chi connectivity index (χ1n) is 9.02. The number of nitrogens with zero attached hydrogens (tertiary/aromatic N) is 2. The van der Waals surface area contributed by atoms with Gasteiger partial charge in [-0.05, 0) is 24.1 Å². The Bertz CT molecular complexity index is 1090. The lowest BCUT2D eigenvalue weighted by Crippen LogP contribution is -2.34. The van der Waals surface area contributed by atoms with E-state index >= 15 is 0 Å². The molecule has 1 atom stereocenters. The molecule has 0 aromatic heterocycles. The Morgan fingerprint density at radius 3 is 2.14 bits per heavy atom. The summed E-state index contributed by atoms with van der Waals surface area (Å²) in [6, 6.07) is 21.4. The first-order chi connectivity index (χ1) is 14.0. The van der Waals surface area contributed by atoms with E-state index in [9.17, 15) is 14.9 Å². The van der Waals surface area contributed by atoms with Crippen molar-refractivity contribution < 1.29 is 14.5 Å². The topological polar surface area (TPSA) is 93.8 Å². The Labute approximate surface area is 166 Å². The third-order valence-electron chi connectivity index (χ3n) is 4.64. The molecule has 0 unspecified atom stereocenters. The first-order valence-corrected chi connectivity index (χ1v) is 9.02. The Morgan fingerprint density at radius 2 is 1.55 bits per heavy atom. The molecule has 0 saturated carbocycles. The molecule has 0 saturated heterocycles. The molecule has 1 aliphatic carbocycles. The van der Waals surface area contributed by atoms with Crippen molar-refractivity contribution in [3.8, 4) is 16.9 Å². The second-order valence-electron chi connectivity index (χ2n) is 6.54. The number of hydrogen-bond donors (Lipinski definition) is 1. The van der Waals surface area contributed by atoms with Crippen LogP contribution in [-0.2, 0) is 4.79 Å². The van der Waals surface area contributed by atoms with Crippen LogP contribution in [0.25, 0.3) is 11.1 Å². The van der Waals surface area contributed by atoms with E-state index in [0.717, 1.165) is 22.3 Å². The van der Waals surface area contributed by atoms with Crippen LogP contribution in [0.3, 0.4) is 0 Å². The van der Waals surface area contributed by atoms with Crippen molar-refractivity contribution in [2.24, 2.45) is 5.10 Å². The molecule has 1 N–H and O–H groups in total. The van der Waals surface area contributed by atoms with Gasteiger partial charge in [-0.25, -0.2) is 5.43 Å². The monoisotopic (exact) mass is 387 g/mol. The third kappa shape index (κ3) is 3.58. The molecule has 0 spiro atoms. The fraction of sp³-hybridized carbons (Fsp3) is 0.0909. The molecular weight excluding hydrogens is 370 g/mol. The molecule has 144 valence electrons. The number of amides is 1. The Kier molecular flexibility index (Phi) is 4.78. The predicted octanol–water partition coefficient (Wildman–Crippen LogP) is 3.91. The molecule has 0 radical (unpaired) electrons. The van der Waals surface area contributed by atoms with Crippen molar-refractivity contribution >= 4 is 17.3 Å². The number of hydrazone groups is 1. The highest BCUT2D eigenvalue weighted by molar-refractivity contribution is 6.24. The number of nitro benzene ring substituents is 1. The average molecular weight is 387 g/mol. The lowest BCUT2D eigenvalue weighted by Gasteiger charge is -2.13. The number of hydrogen-bond acceptors (Lipinski definition) is 5. The van der Waals surface area contributed by atoms with Crippen molar-refractivity contribution in [2.45, 2.75) is 13.0 Å². The summed E-state index contributed by atoms with van der Waals surface area (Å²) in [6.45, 7) is 1.56. The molecular formula is C22H17N3O4. The number of non-ortho nitro benzene ring substituents is 1. The van der Waals surface area contributed by atoms with Crippen LogP contribution in [0, 0.1) is 10.1 Å². The zero-order valence-electron chi connectivity index (χ0n) is 15.5. The Balaban J connectivity index is 1.52. The summed E-state index contributed by atoms with van der Waals surface area (Å²) in [6.07, 6.45) is -0.881. The third-order valence-corrected chi connectivity index (χ3v) is 4.64. The molecule has 7 nitrogen and oxygen atoms in total. The quantitative estimate of drug-likeness (QED) is 0.415. The van der Waals surface area contributed by atoms with E-state index in [1.165, 1.54) is 18.2 Å². The summed E-state index contributed by atoms with van der Waals surface area (Å²) in [5.41, 5.74) is 7.16. The number of carbonyl (C=O) groups excluding carboxylic acids is 1. The normalized spacial score (nSPS) is 12.5. The zero-order chi connectivity index (χ0) is 20.4. The van der Waals surface area contributed by atoms with Gasteiger partial charge in [-0.1, -0.05) is 54.6 Å². The smallest absolute Gasteiger partial charge is 0.280 e. The molecule has 0 bridgehead atoms. The van der Waals surface area contributed by atoms with Gasteiger partial charge in [-0.3, -0.25) is 14.9 Å². The second-order valence-corrected chi connectivity index (χ2v) is 6.54. The molecule has 4 rings (SSSR count). The summed E-state index contributed by atoms with van der Waals surface area (Å²) in [5.74, 6) is -0.211. The van der Waals surface area contributed by atoms with Crippen LogP contribution >= 0.6 is 0 Å². The van der Waals surface area contributed by atoms with Crippen LogP contribution < -0.4 is 10.2 Å². The van der Waals surface area contributed by atoms with E-state index in [1.807, 2.05) is 48.5 Å². The first kappa shape index (κ1) is 18.4.